The normalized spacial score (nSPS) is 11.3. The number of carbonyl (C=O) groups is 1. The Morgan fingerprint density at radius 3 is 2.44 bits per heavy atom. The molecule has 0 aromatic carbocycles. The lowest BCUT2D eigenvalue weighted by Crippen LogP contribution is -2.41. The second-order valence-electron chi connectivity index (χ2n) is 6.98. The van der Waals surface area contributed by atoms with Gasteiger partial charge in [-0.15, -0.1) is 5.10 Å². The third-order valence-corrected chi connectivity index (χ3v) is 3.48. The van der Waals surface area contributed by atoms with Gasteiger partial charge in [-0.2, -0.15) is 0 Å². The van der Waals surface area contributed by atoms with Crippen molar-refractivity contribution < 1.29 is 9.53 Å². The summed E-state index contributed by atoms with van der Waals surface area (Å²) >= 11 is 0. The number of ether oxygens (including phenoxy) is 1. The average molecular weight is 367 g/mol. The Labute approximate surface area is 156 Å². The number of nitrogens with zero attached hydrogens (tertiary/aromatic N) is 6. The van der Waals surface area contributed by atoms with E-state index in [1.165, 1.54) is 4.68 Å². The number of carbonyl (C=O) groups excluding carboxylic acids is 1. The molecule has 3 heterocycles. The van der Waals surface area contributed by atoms with Gasteiger partial charge >= 0.3 is 0 Å². The molecule has 3 aromatic heterocycles. The third kappa shape index (κ3) is 4.25. The monoisotopic (exact) mass is 367 g/mol. The predicted molar refractivity (Wildman–Crippen MR) is 98.7 cm³/mol. The van der Waals surface area contributed by atoms with Crippen LogP contribution in [0.2, 0.25) is 0 Å². The van der Waals surface area contributed by atoms with E-state index in [-0.39, 0.29) is 11.7 Å². The zero-order chi connectivity index (χ0) is 19.6. The standard InChI is InChI=1S/C18H21N7O2/c1-11-8-20-13(10-19-11)16-22-15(17(26)23-18(2,3)4)24-25(16)12-6-7-14(27-5)21-9-12/h6-10H,1-5H3,(H,23,26). The van der Waals surface area contributed by atoms with Gasteiger partial charge in [-0.05, 0) is 33.8 Å². The van der Waals surface area contributed by atoms with Crippen LogP contribution in [0.3, 0.4) is 0 Å². The highest BCUT2D eigenvalue weighted by atomic mass is 16.5. The van der Waals surface area contributed by atoms with Crippen LogP contribution in [-0.4, -0.2) is 48.3 Å². The van der Waals surface area contributed by atoms with E-state index in [1.807, 2.05) is 27.7 Å². The Kier molecular flexibility index (Phi) is 4.85. The lowest BCUT2D eigenvalue weighted by Gasteiger charge is -2.18. The zero-order valence-corrected chi connectivity index (χ0v) is 15.9. The molecular formula is C18H21N7O2. The Morgan fingerprint density at radius 1 is 1.11 bits per heavy atom. The Bertz CT molecular complexity index is 941. The average Bonchev–Trinajstić information content (AvgIpc) is 3.06. The molecule has 1 N–H and O–H groups in total. The number of hydrogen-bond acceptors (Lipinski definition) is 7. The third-order valence-electron chi connectivity index (χ3n) is 3.48. The van der Waals surface area contributed by atoms with Gasteiger partial charge in [-0.25, -0.2) is 19.6 Å². The van der Waals surface area contributed by atoms with E-state index in [4.69, 9.17) is 4.74 Å². The fraction of sp³-hybridized carbons (Fsp3) is 0.333. The van der Waals surface area contributed by atoms with Crippen LogP contribution in [0.1, 0.15) is 37.1 Å². The van der Waals surface area contributed by atoms with E-state index in [0.29, 0.717) is 23.1 Å². The van der Waals surface area contributed by atoms with E-state index in [2.05, 4.69) is 30.4 Å². The van der Waals surface area contributed by atoms with Gasteiger partial charge in [0.1, 0.15) is 5.69 Å². The van der Waals surface area contributed by atoms with Crippen molar-refractivity contribution >= 4 is 5.91 Å². The van der Waals surface area contributed by atoms with Crippen LogP contribution in [-0.2, 0) is 0 Å². The molecule has 0 saturated carbocycles. The minimum absolute atomic E-state index is 0.0399. The van der Waals surface area contributed by atoms with Gasteiger partial charge in [-0.1, -0.05) is 0 Å². The molecule has 0 spiro atoms. The molecule has 0 fully saturated rings. The Hall–Kier alpha value is -3.36. The van der Waals surface area contributed by atoms with E-state index in [1.54, 1.807) is 37.8 Å². The largest absolute Gasteiger partial charge is 0.481 e. The molecule has 0 bridgehead atoms. The van der Waals surface area contributed by atoms with Crippen LogP contribution >= 0.6 is 0 Å². The number of aryl methyl sites for hydroxylation is 1. The lowest BCUT2D eigenvalue weighted by molar-refractivity contribution is 0.0909. The first-order chi connectivity index (χ1) is 12.8. The first-order valence-corrected chi connectivity index (χ1v) is 8.36. The Balaban J connectivity index is 2.08. The highest BCUT2D eigenvalue weighted by molar-refractivity contribution is 5.91. The molecule has 0 aliphatic rings. The van der Waals surface area contributed by atoms with Crippen LogP contribution in [0.5, 0.6) is 5.88 Å². The fourth-order valence-electron chi connectivity index (χ4n) is 2.28. The smallest absolute Gasteiger partial charge is 0.291 e. The predicted octanol–water partition coefficient (Wildman–Crippen LogP) is 1.96. The number of amides is 1. The number of nitrogens with one attached hydrogen (secondary N) is 1. The SMILES string of the molecule is COc1ccc(-n2nc(C(=O)NC(C)(C)C)nc2-c2cnc(C)cn2)cn1. The van der Waals surface area contributed by atoms with Gasteiger partial charge in [0, 0.05) is 17.8 Å². The molecule has 3 aromatic rings. The molecule has 1 amide bonds. The first-order valence-electron chi connectivity index (χ1n) is 8.36. The summed E-state index contributed by atoms with van der Waals surface area (Å²) in [6.45, 7) is 7.52. The van der Waals surface area contributed by atoms with Gasteiger partial charge in [0.15, 0.2) is 5.82 Å². The second-order valence-corrected chi connectivity index (χ2v) is 6.98. The molecule has 27 heavy (non-hydrogen) atoms. The topological polar surface area (TPSA) is 108 Å². The number of aromatic nitrogens is 6. The van der Waals surface area contributed by atoms with Gasteiger partial charge in [0.2, 0.25) is 11.7 Å². The maximum absolute atomic E-state index is 12.5. The first kappa shape index (κ1) is 18.4. The molecule has 0 atom stereocenters. The quantitative estimate of drug-likeness (QED) is 0.751. The van der Waals surface area contributed by atoms with Crippen molar-refractivity contribution in [2.75, 3.05) is 7.11 Å². The maximum Gasteiger partial charge on any atom is 0.291 e. The summed E-state index contributed by atoms with van der Waals surface area (Å²) in [5.41, 5.74) is 1.49. The molecule has 0 radical (unpaired) electrons. The van der Waals surface area contributed by atoms with Crippen molar-refractivity contribution in [2.24, 2.45) is 0 Å². The van der Waals surface area contributed by atoms with E-state index in [0.717, 1.165) is 5.69 Å². The second kappa shape index (κ2) is 7.10. The summed E-state index contributed by atoms with van der Waals surface area (Å²) in [6.07, 6.45) is 4.82. The number of hydrogen-bond donors (Lipinski definition) is 1. The Morgan fingerprint density at radius 2 is 1.89 bits per heavy atom. The van der Waals surface area contributed by atoms with Crippen LogP contribution < -0.4 is 10.1 Å². The molecule has 0 unspecified atom stereocenters. The van der Waals surface area contributed by atoms with Gasteiger partial charge in [-0.3, -0.25) is 9.78 Å². The van der Waals surface area contributed by atoms with E-state index in [9.17, 15) is 4.79 Å². The molecule has 0 aliphatic heterocycles. The van der Waals surface area contributed by atoms with Gasteiger partial charge < -0.3 is 10.1 Å². The fourth-order valence-corrected chi connectivity index (χ4v) is 2.28. The van der Waals surface area contributed by atoms with Gasteiger partial charge in [0.05, 0.1) is 30.9 Å². The van der Waals surface area contributed by atoms with Crippen molar-refractivity contribution in [3.63, 3.8) is 0 Å². The molecule has 140 valence electrons. The molecule has 0 saturated heterocycles. The highest BCUT2D eigenvalue weighted by Gasteiger charge is 2.23. The van der Waals surface area contributed by atoms with Crippen molar-refractivity contribution in [1.82, 2.24) is 35.0 Å². The van der Waals surface area contributed by atoms with Gasteiger partial charge in [0.25, 0.3) is 5.91 Å². The summed E-state index contributed by atoms with van der Waals surface area (Å²) in [6, 6.07) is 3.48. The molecule has 0 aliphatic carbocycles. The highest BCUT2D eigenvalue weighted by Crippen LogP contribution is 2.20. The zero-order valence-electron chi connectivity index (χ0n) is 15.9. The van der Waals surface area contributed by atoms with Crippen molar-refractivity contribution in [3.05, 3.63) is 42.2 Å². The van der Waals surface area contributed by atoms with Crippen molar-refractivity contribution in [2.45, 2.75) is 33.2 Å². The van der Waals surface area contributed by atoms with Crippen molar-refractivity contribution in [1.29, 1.82) is 0 Å². The van der Waals surface area contributed by atoms with Crippen LogP contribution in [0, 0.1) is 6.92 Å². The summed E-state index contributed by atoms with van der Waals surface area (Å²) < 4.78 is 6.61. The van der Waals surface area contributed by atoms with Crippen LogP contribution in [0.4, 0.5) is 0 Å². The van der Waals surface area contributed by atoms with E-state index < -0.39 is 5.54 Å². The molecule has 9 nitrogen and oxygen atoms in total. The van der Waals surface area contributed by atoms with E-state index >= 15 is 0 Å². The van der Waals surface area contributed by atoms with Crippen molar-refractivity contribution in [3.8, 4) is 23.1 Å². The minimum Gasteiger partial charge on any atom is -0.481 e. The maximum atomic E-state index is 12.5. The summed E-state index contributed by atoms with van der Waals surface area (Å²) in [5, 5.41) is 7.22. The van der Waals surface area contributed by atoms with Crippen LogP contribution in [0.25, 0.3) is 17.2 Å². The summed E-state index contributed by atoms with van der Waals surface area (Å²) in [5.74, 6) is 0.539. The lowest BCUT2D eigenvalue weighted by atomic mass is 10.1. The molecular weight excluding hydrogens is 346 g/mol. The number of methoxy groups -OCH3 is 1. The minimum atomic E-state index is -0.409. The number of pyridine rings is 1. The molecule has 9 heteroatoms. The summed E-state index contributed by atoms with van der Waals surface area (Å²) in [4.78, 5) is 29.7. The number of rotatable bonds is 4. The van der Waals surface area contributed by atoms with Crippen LogP contribution in [0.15, 0.2) is 30.7 Å². The molecule has 3 rings (SSSR count). The summed E-state index contributed by atoms with van der Waals surface area (Å²) in [7, 11) is 1.54.